The first-order chi connectivity index (χ1) is 6.34. The first kappa shape index (κ1) is 8.78. The Labute approximate surface area is 78.0 Å². The molecule has 1 aromatic rings. The van der Waals surface area contributed by atoms with Gasteiger partial charge in [-0.1, -0.05) is 0 Å². The van der Waals surface area contributed by atoms with Gasteiger partial charge >= 0.3 is 0 Å². The molecular formula is C10H15NO2. The van der Waals surface area contributed by atoms with Gasteiger partial charge in [-0.05, 0) is 25.5 Å². The summed E-state index contributed by atoms with van der Waals surface area (Å²) in [5.74, 6) is 0. The zero-order valence-electron chi connectivity index (χ0n) is 7.65. The van der Waals surface area contributed by atoms with E-state index in [-0.39, 0.29) is 6.10 Å². The lowest BCUT2D eigenvalue weighted by Crippen LogP contribution is -2.37. The van der Waals surface area contributed by atoms with Crippen LogP contribution in [0.3, 0.4) is 0 Å². The van der Waals surface area contributed by atoms with Crippen LogP contribution in [0.2, 0.25) is 0 Å². The summed E-state index contributed by atoms with van der Waals surface area (Å²) >= 11 is 0. The van der Waals surface area contributed by atoms with Gasteiger partial charge in [-0.2, -0.15) is 0 Å². The molecule has 1 aromatic heterocycles. The monoisotopic (exact) mass is 181 g/mol. The SMILES string of the molecule is O[C@H]1CCCN(Cc2ccoc2)C1. The molecule has 13 heavy (non-hydrogen) atoms. The van der Waals surface area contributed by atoms with Gasteiger partial charge in [0.15, 0.2) is 0 Å². The van der Waals surface area contributed by atoms with E-state index < -0.39 is 0 Å². The van der Waals surface area contributed by atoms with Gasteiger partial charge in [-0.3, -0.25) is 4.90 Å². The van der Waals surface area contributed by atoms with E-state index in [1.54, 1.807) is 12.5 Å². The predicted octanol–water partition coefficient (Wildman–Crippen LogP) is 1.24. The number of hydrogen-bond acceptors (Lipinski definition) is 3. The number of furan rings is 1. The summed E-state index contributed by atoms with van der Waals surface area (Å²) in [6.07, 6.45) is 5.36. The second-order valence-electron chi connectivity index (χ2n) is 3.66. The Hall–Kier alpha value is -0.800. The van der Waals surface area contributed by atoms with E-state index in [2.05, 4.69) is 4.90 Å². The van der Waals surface area contributed by atoms with Crippen LogP contribution in [-0.4, -0.2) is 29.2 Å². The minimum Gasteiger partial charge on any atom is -0.472 e. The first-order valence-corrected chi connectivity index (χ1v) is 4.76. The van der Waals surface area contributed by atoms with Crippen molar-refractivity contribution in [2.45, 2.75) is 25.5 Å². The molecule has 1 atom stereocenters. The number of aliphatic hydroxyl groups excluding tert-OH is 1. The first-order valence-electron chi connectivity index (χ1n) is 4.76. The number of piperidine rings is 1. The molecular weight excluding hydrogens is 166 g/mol. The van der Waals surface area contributed by atoms with Crippen molar-refractivity contribution < 1.29 is 9.52 Å². The lowest BCUT2D eigenvalue weighted by molar-refractivity contribution is 0.0667. The number of rotatable bonds is 2. The summed E-state index contributed by atoms with van der Waals surface area (Å²) in [7, 11) is 0. The molecule has 0 radical (unpaired) electrons. The Bertz CT molecular complexity index is 245. The van der Waals surface area contributed by atoms with Crippen molar-refractivity contribution in [1.29, 1.82) is 0 Å². The van der Waals surface area contributed by atoms with E-state index in [9.17, 15) is 5.11 Å². The fourth-order valence-electron chi connectivity index (χ4n) is 1.82. The third-order valence-corrected chi connectivity index (χ3v) is 2.47. The molecule has 1 fully saturated rings. The molecule has 2 heterocycles. The maximum absolute atomic E-state index is 9.44. The maximum Gasteiger partial charge on any atom is 0.0947 e. The highest BCUT2D eigenvalue weighted by atomic mass is 16.3. The van der Waals surface area contributed by atoms with Crippen molar-refractivity contribution in [3.8, 4) is 0 Å². The van der Waals surface area contributed by atoms with Crippen molar-refractivity contribution in [3.05, 3.63) is 24.2 Å². The highest BCUT2D eigenvalue weighted by molar-refractivity contribution is 5.05. The molecule has 1 aliphatic heterocycles. The summed E-state index contributed by atoms with van der Waals surface area (Å²) < 4.78 is 4.99. The molecule has 1 saturated heterocycles. The second kappa shape index (κ2) is 3.94. The van der Waals surface area contributed by atoms with Crippen LogP contribution in [0.25, 0.3) is 0 Å². The minimum atomic E-state index is -0.138. The third kappa shape index (κ3) is 2.32. The van der Waals surface area contributed by atoms with Crippen LogP contribution < -0.4 is 0 Å². The highest BCUT2D eigenvalue weighted by Gasteiger charge is 2.17. The highest BCUT2D eigenvalue weighted by Crippen LogP contribution is 2.13. The average Bonchev–Trinajstić information content (AvgIpc) is 2.57. The van der Waals surface area contributed by atoms with Gasteiger partial charge in [0.1, 0.15) is 0 Å². The quantitative estimate of drug-likeness (QED) is 0.745. The van der Waals surface area contributed by atoms with Gasteiger partial charge in [0, 0.05) is 18.7 Å². The summed E-state index contributed by atoms with van der Waals surface area (Å²) in [4.78, 5) is 2.26. The van der Waals surface area contributed by atoms with Gasteiger partial charge in [0.05, 0.1) is 18.6 Å². The van der Waals surface area contributed by atoms with Crippen LogP contribution in [0.5, 0.6) is 0 Å². The normalized spacial score (nSPS) is 24.8. The number of likely N-dealkylation sites (tertiary alicyclic amines) is 1. The Balaban J connectivity index is 1.87. The largest absolute Gasteiger partial charge is 0.472 e. The lowest BCUT2D eigenvalue weighted by Gasteiger charge is -2.29. The Morgan fingerprint density at radius 1 is 1.62 bits per heavy atom. The molecule has 0 amide bonds. The number of nitrogens with zero attached hydrogens (tertiary/aromatic N) is 1. The van der Waals surface area contributed by atoms with Crippen molar-refractivity contribution in [2.24, 2.45) is 0 Å². The van der Waals surface area contributed by atoms with E-state index in [0.29, 0.717) is 0 Å². The molecule has 0 aromatic carbocycles. The standard InChI is InChI=1S/C10H15NO2/c12-10-2-1-4-11(7-10)6-9-3-5-13-8-9/h3,5,8,10,12H,1-2,4,6-7H2/t10-/m0/s1. The van der Waals surface area contributed by atoms with E-state index in [0.717, 1.165) is 32.5 Å². The predicted molar refractivity (Wildman–Crippen MR) is 49.2 cm³/mol. The van der Waals surface area contributed by atoms with Crippen LogP contribution >= 0.6 is 0 Å². The zero-order valence-corrected chi connectivity index (χ0v) is 7.65. The van der Waals surface area contributed by atoms with E-state index in [1.807, 2.05) is 6.07 Å². The van der Waals surface area contributed by atoms with Gasteiger partial charge in [0.2, 0.25) is 0 Å². The van der Waals surface area contributed by atoms with E-state index in [1.165, 1.54) is 5.56 Å². The molecule has 0 unspecified atom stereocenters. The summed E-state index contributed by atoms with van der Waals surface area (Å²) in [6.45, 7) is 2.78. The maximum atomic E-state index is 9.44. The molecule has 3 nitrogen and oxygen atoms in total. The molecule has 0 aliphatic carbocycles. The molecule has 3 heteroatoms. The second-order valence-corrected chi connectivity index (χ2v) is 3.66. The van der Waals surface area contributed by atoms with E-state index >= 15 is 0 Å². The zero-order chi connectivity index (χ0) is 9.10. The van der Waals surface area contributed by atoms with Crippen LogP contribution in [0.4, 0.5) is 0 Å². The van der Waals surface area contributed by atoms with Gasteiger partial charge in [0.25, 0.3) is 0 Å². The molecule has 1 aliphatic rings. The van der Waals surface area contributed by atoms with Crippen LogP contribution in [-0.2, 0) is 6.54 Å². The number of hydrogen-bond donors (Lipinski definition) is 1. The molecule has 0 saturated carbocycles. The van der Waals surface area contributed by atoms with Crippen molar-refractivity contribution in [1.82, 2.24) is 4.90 Å². The molecule has 72 valence electrons. The molecule has 0 spiro atoms. The Morgan fingerprint density at radius 2 is 2.54 bits per heavy atom. The van der Waals surface area contributed by atoms with Crippen molar-refractivity contribution in [3.63, 3.8) is 0 Å². The Morgan fingerprint density at radius 3 is 3.23 bits per heavy atom. The molecule has 1 N–H and O–H groups in total. The van der Waals surface area contributed by atoms with Crippen LogP contribution in [0.15, 0.2) is 23.0 Å². The van der Waals surface area contributed by atoms with Gasteiger partial charge < -0.3 is 9.52 Å². The fourth-order valence-corrected chi connectivity index (χ4v) is 1.82. The smallest absolute Gasteiger partial charge is 0.0947 e. The van der Waals surface area contributed by atoms with Crippen molar-refractivity contribution >= 4 is 0 Å². The Kier molecular flexibility index (Phi) is 2.66. The molecule has 2 rings (SSSR count). The summed E-state index contributed by atoms with van der Waals surface area (Å²) in [6, 6.07) is 1.97. The van der Waals surface area contributed by atoms with Crippen LogP contribution in [0.1, 0.15) is 18.4 Å². The fraction of sp³-hybridized carbons (Fsp3) is 0.600. The molecule has 0 bridgehead atoms. The number of β-amino-alcohol motifs (C(OH)–C–C–N with tert-alkyl or cyclic N) is 1. The van der Waals surface area contributed by atoms with E-state index in [4.69, 9.17) is 4.42 Å². The van der Waals surface area contributed by atoms with Crippen LogP contribution in [0, 0.1) is 0 Å². The number of aliphatic hydroxyl groups is 1. The minimum absolute atomic E-state index is 0.138. The summed E-state index contributed by atoms with van der Waals surface area (Å²) in [5, 5.41) is 9.44. The average molecular weight is 181 g/mol. The topological polar surface area (TPSA) is 36.6 Å². The van der Waals surface area contributed by atoms with Gasteiger partial charge in [-0.15, -0.1) is 0 Å². The van der Waals surface area contributed by atoms with Gasteiger partial charge in [-0.25, -0.2) is 0 Å². The third-order valence-electron chi connectivity index (χ3n) is 2.47. The lowest BCUT2D eigenvalue weighted by atomic mass is 10.1. The summed E-state index contributed by atoms with van der Waals surface area (Å²) in [5.41, 5.74) is 1.19. The van der Waals surface area contributed by atoms with Crippen molar-refractivity contribution in [2.75, 3.05) is 13.1 Å².